The van der Waals surface area contributed by atoms with Crippen LogP contribution in [-0.4, -0.2) is 8.76 Å². The number of hydrogen-bond donors (Lipinski definition) is 0. The summed E-state index contributed by atoms with van der Waals surface area (Å²) in [6, 6.07) is 0. The second kappa shape index (κ2) is 2.28. The van der Waals surface area contributed by atoms with E-state index in [0.717, 1.165) is 0 Å². The zero-order valence-corrected chi connectivity index (χ0v) is 2.86. The molecule has 1 unspecified atom stereocenters. The first-order valence-electron chi connectivity index (χ1n) is 0.667. The van der Waals surface area contributed by atoms with Crippen LogP contribution in [0.1, 0.15) is 0 Å². The highest BCUT2D eigenvalue weighted by Crippen LogP contribution is 1.57. The fourth-order valence-corrected chi connectivity index (χ4v) is 0. The van der Waals surface area contributed by atoms with Crippen LogP contribution in [0.15, 0.2) is 0 Å². The van der Waals surface area contributed by atoms with Gasteiger partial charge in [-0.15, -0.1) is 0 Å². The summed E-state index contributed by atoms with van der Waals surface area (Å²) in [6.07, 6.45) is 0. The van der Waals surface area contributed by atoms with Crippen molar-refractivity contribution in [3.05, 3.63) is 0 Å². The van der Waals surface area contributed by atoms with Gasteiger partial charge in [-0.3, -0.25) is 0 Å². The summed E-state index contributed by atoms with van der Waals surface area (Å²) in [6.45, 7) is 0. The van der Waals surface area contributed by atoms with Gasteiger partial charge in [0.2, 0.25) is 0 Å². The predicted molar refractivity (Wildman–Crippen MR) is 10.0 cm³/mol. The van der Waals surface area contributed by atoms with Crippen LogP contribution in [0.25, 0.3) is 0 Å². The van der Waals surface area contributed by atoms with E-state index in [-0.39, 0.29) is 0 Å². The summed E-state index contributed by atoms with van der Waals surface area (Å²) in [5, 5.41) is 8.52. The molecule has 0 aliphatic heterocycles. The lowest BCUT2D eigenvalue weighted by Gasteiger charge is -2.05. The standard InChI is InChI=1S/H2O4S/c1-4-5(2)3/h1H,(H,2,3)/p-2. The van der Waals surface area contributed by atoms with E-state index in [1.54, 1.807) is 0 Å². The fourth-order valence-electron chi connectivity index (χ4n) is 0. The molecule has 5 heteroatoms. The van der Waals surface area contributed by atoms with E-state index in [2.05, 4.69) is 4.33 Å². The molecular formula is O4S-2. The van der Waals surface area contributed by atoms with Crippen LogP contribution in [0.2, 0.25) is 0 Å². The van der Waals surface area contributed by atoms with Gasteiger partial charge in [0.05, 0.1) is 11.4 Å². The van der Waals surface area contributed by atoms with Crippen LogP contribution in [0.4, 0.5) is 0 Å². The average molecular weight is 96.1 g/mol. The van der Waals surface area contributed by atoms with Gasteiger partial charge >= 0.3 is 0 Å². The van der Waals surface area contributed by atoms with Crippen LogP contribution in [0.3, 0.4) is 0 Å². The van der Waals surface area contributed by atoms with Crippen molar-refractivity contribution in [2.24, 2.45) is 0 Å². The van der Waals surface area contributed by atoms with Gasteiger partial charge in [0.25, 0.3) is 0 Å². The summed E-state index contributed by atoms with van der Waals surface area (Å²) in [4.78, 5) is 0. The first-order valence-corrected chi connectivity index (χ1v) is 1.67. The molecule has 0 heterocycles. The molecule has 5 heavy (non-hydrogen) atoms. The normalized spacial score (nSPS) is 14.8. The van der Waals surface area contributed by atoms with E-state index in [0.29, 0.717) is 0 Å². The molecule has 0 amide bonds. The first kappa shape index (κ1) is 5.03. The Bertz CT molecular complexity index is 38.9. The number of hydrogen-bond acceptors (Lipinski definition) is 4. The van der Waals surface area contributed by atoms with E-state index in [4.69, 9.17) is 14.0 Å². The topological polar surface area (TPSA) is 72.4 Å². The third-order valence-corrected chi connectivity index (χ3v) is 0.167. The Labute approximate surface area is 30.8 Å². The maximum absolute atomic E-state index is 8.83. The van der Waals surface area contributed by atoms with Crippen molar-refractivity contribution in [3.8, 4) is 0 Å². The summed E-state index contributed by atoms with van der Waals surface area (Å²) < 4.78 is 20.1. The summed E-state index contributed by atoms with van der Waals surface area (Å²) in [7, 11) is 0. The van der Waals surface area contributed by atoms with Gasteiger partial charge in [0.1, 0.15) is 0 Å². The van der Waals surface area contributed by atoms with Crippen LogP contribution < -0.4 is 5.26 Å². The Morgan fingerprint density at radius 3 is 2.00 bits per heavy atom. The Kier molecular flexibility index (Phi) is 2.29. The van der Waals surface area contributed by atoms with Crippen LogP contribution >= 0.6 is 0 Å². The van der Waals surface area contributed by atoms with Gasteiger partial charge in [-0.1, -0.05) is 0 Å². The molecular weight excluding hydrogens is 96.1 g/mol. The molecule has 0 spiro atoms. The minimum absolute atomic E-state index is 2.42. The molecule has 0 aliphatic rings. The second-order valence-corrected chi connectivity index (χ2v) is 0.816. The fraction of sp³-hybridized carbons (Fsp3) is 0. The van der Waals surface area contributed by atoms with Crippen LogP contribution in [-0.2, 0) is 15.7 Å². The zero-order valence-electron chi connectivity index (χ0n) is 2.04. The highest BCUT2D eigenvalue weighted by Gasteiger charge is 1.51. The summed E-state index contributed by atoms with van der Waals surface area (Å²) >= 11 is -2.88. The van der Waals surface area contributed by atoms with Crippen molar-refractivity contribution in [2.45, 2.75) is 0 Å². The van der Waals surface area contributed by atoms with Crippen molar-refractivity contribution in [2.75, 3.05) is 0 Å². The summed E-state index contributed by atoms with van der Waals surface area (Å²) in [5.41, 5.74) is 0. The Balaban J connectivity index is 2.85. The third kappa shape index (κ3) is 4.03. The minimum atomic E-state index is -2.88. The lowest BCUT2D eigenvalue weighted by Crippen LogP contribution is -2.06. The summed E-state index contributed by atoms with van der Waals surface area (Å²) in [5.74, 6) is 0. The van der Waals surface area contributed by atoms with Gasteiger partial charge < -0.3 is 14.1 Å². The van der Waals surface area contributed by atoms with Crippen molar-refractivity contribution in [1.82, 2.24) is 0 Å². The highest BCUT2D eigenvalue weighted by atomic mass is 32.2. The Morgan fingerprint density at radius 1 is 1.80 bits per heavy atom. The monoisotopic (exact) mass is 96.0 g/mol. The SMILES string of the molecule is O=S([O-])O[O-]. The molecule has 0 aromatic rings. The quantitative estimate of drug-likeness (QED) is 0.216. The highest BCUT2D eigenvalue weighted by molar-refractivity contribution is 7.73. The van der Waals surface area contributed by atoms with Crippen molar-refractivity contribution in [3.63, 3.8) is 0 Å². The van der Waals surface area contributed by atoms with Gasteiger partial charge in [-0.25, -0.2) is 4.21 Å². The molecule has 32 valence electrons. The van der Waals surface area contributed by atoms with E-state index in [1.165, 1.54) is 0 Å². The first-order chi connectivity index (χ1) is 2.27. The van der Waals surface area contributed by atoms with Gasteiger partial charge in [-0.05, 0) is 0 Å². The van der Waals surface area contributed by atoms with E-state index >= 15 is 0 Å². The predicted octanol–water partition coefficient (Wildman–Crippen LogP) is -1.93. The lowest BCUT2D eigenvalue weighted by molar-refractivity contribution is -0.635. The molecule has 4 nitrogen and oxygen atoms in total. The maximum Gasteiger partial charge on any atom is 0.0748 e. The number of rotatable bonds is 1. The second-order valence-electron chi connectivity index (χ2n) is 0.272. The lowest BCUT2D eigenvalue weighted by atomic mass is 15.0. The Hall–Kier alpha value is 0.0300. The average Bonchev–Trinajstić information content (AvgIpc) is 1.38. The molecule has 0 aliphatic carbocycles. The maximum atomic E-state index is 8.83. The van der Waals surface area contributed by atoms with E-state index in [9.17, 15) is 0 Å². The van der Waals surface area contributed by atoms with Gasteiger partial charge in [0, 0.05) is 0 Å². The molecule has 0 aromatic carbocycles. The largest absolute Gasteiger partial charge is 0.750 e. The van der Waals surface area contributed by atoms with Crippen molar-refractivity contribution < 1.29 is 18.4 Å². The molecule has 0 saturated carbocycles. The minimum Gasteiger partial charge on any atom is -0.750 e. The molecule has 0 N–H and O–H groups in total. The van der Waals surface area contributed by atoms with E-state index in [1.807, 2.05) is 0 Å². The van der Waals surface area contributed by atoms with Crippen molar-refractivity contribution >= 4 is 11.4 Å². The van der Waals surface area contributed by atoms with Crippen LogP contribution in [0.5, 0.6) is 0 Å². The van der Waals surface area contributed by atoms with Crippen LogP contribution in [0, 0.1) is 0 Å². The zero-order chi connectivity index (χ0) is 4.28. The van der Waals surface area contributed by atoms with Gasteiger partial charge in [-0.2, -0.15) is 0 Å². The third-order valence-electron chi connectivity index (χ3n) is 0.0556. The molecule has 0 aromatic heterocycles. The molecule has 0 rings (SSSR count). The molecule has 1 atom stereocenters. The smallest absolute Gasteiger partial charge is 0.0748 e. The van der Waals surface area contributed by atoms with E-state index < -0.39 is 11.4 Å². The molecule has 0 bridgehead atoms. The molecule has 0 saturated heterocycles. The molecule has 0 fully saturated rings. The van der Waals surface area contributed by atoms with Gasteiger partial charge in [0.15, 0.2) is 0 Å². The van der Waals surface area contributed by atoms with Crippen molar-refractivity contribution in [1.29, 1.82) is 0 Å². The molecule has 0 radical (unpaired) electrons. The Morgan fingerprint density at radius 2 is 2.00 bits per heavy atom.